The third kappa shape index (κ3) is 3.75. The van der Waals surface area contributed by atoms with E-state index >= 15 is 0 Å². The number of aromatic nitrogens is 1. The zero-order chi connectivity index (χ0) is 15.4. The Morgan fingerprint density at radius 3 is 2.57 bits per heavy atom. The van der Waals surface area contributed by atoms with E-state index in [9.17, 15) is 13.6 Å². The Balaban J connectivity index is 2.24. The molecule has 0 aliphatic carbocycles. The number of anilines is 2. The van der Waals surface area contributed by atoms with E-state index in [-0.39, 0.29) is 10.2 Å². The first-order valence-corrected chi connectivity index (χ1v) is 6.97. The SMILES string of the molecule is CCNc1cccc(C(=O)Nc2c(F)cc(Br)cc2F)n1. The predicted molar refractivity (Wildman–Crippen MR) is 80.4 cm³/mol. The molecule has 0 spiro atoms. The third-order valence-corrected chi connectivity index (χ3v) is 3.04. The van der Waals surface area contributed by atoms with Gasteiger partial charge in [-0.1, -0.05) is 22.0 Å². The summed E-state index contributed by atoms with van der Waals surface area (Å²) in [6.45, 7) is 2.54. The molecule has 0 aliphatic heterocycles. The average Bonchev–Trinajstić information content (AvgIpc) is 2.43. The van der Waals surface area contributed by atoms with Crippen molar-refractivity contribution < 1.29 is 13.6 Å². The van der Waals surface area contributed by atoms with Crippen molar-refractivity contribution in [2.45, 2.75) is 6.92 Å². The molecule has 1 amide bonds. The van der Waals surface area contributed by atoms with Crippen molar-refractivity contribution in [1.82, 2.24) is 4.98 Å². The minimum Gasteiger partial charge on any atom is -0.370 e. The number of carbonyl (C=O) groups excluding carboxylic acids is 1. The number of carbonyl (C=O) groups is 1. The molecule has 0 saturated heterocycles. The Morgan fingerprint density at radius 1 is 1.29 bits per heavy atom. The molecule has 0 saturated carbocycles. The highest BCUT2D eigenvalue weighted by molar-refractivity contribution is 9.10. The Kier molecular flexibility index (Phi) is 4.85. The molecule has 2 rings (SSSR count). The molecule has 110 valence electrons. The van der Waals surface area contributed by atoms with E-state index in [1.165, 1.54) is 6.07 Å². The molecule has 0 atom stereocenters. The lowest BCUT2D eigenvalue weighted by molar-refractivity contribution is 0.102. The van der Waals surface area contributed by atoms with Crippen LogP contribution in [0.4, 0.5) is 20.3 Å². The number of rotatable bonds is 4. The normalized spacial score (nSPS) is 10.3. The molecule has 2 aromatic rings. The summed E-state index contributed by atoms with van der Waals surface area (Å²) >= 11 is 2.97. The summed E-state index contributed by atoms with van der Waals surface area (Å²) in [5.74, 6) is -1.90. The lowest BCUT2D eigenvalue weighted by Gasteiger charge is -2.09. The average molecular weight is 356 g/mol. The van der Waals surface area contributed by atoms with E-state index in [0.29, 0.717) is 12.4 Å². The van der Waals surface area contributed by atoms with Crippen LogP contribution in [-0.4, -0.2) is 17.4 Å². The fourth-order valence-corrected chi connectivity index (χ4v) is 2.08. The molecule has 21 heavy (non-hydrogen) atoms. The van der Waals surface area contributed by atoms with Crippen LogP contribution in [0.15, 0.2) is 34.8 Å². The number of nitrogens with one attached hydrogen (secondary N) is 2. The van der Waals surface area contributed by atoms with Crippen LogP contribution in [0, 0.1) is 11.6 Å². The number of hydrogen-bond donors (Lipinski definition) is 2. The van der Waals surface area contributed by atoms with Gasteiger partial charge in [0.25, 0.3) is 5.91 Å². The summed E-state index contributed by atoms with van der Waals surface area (Å²) in [5.41, 5.74) is -0.436. The molecular formula is C14H12BrF2N3O. The number of halogens is 3. The van der Waals surface area contributed by atoms with Crippen LogP contribution in [-0.2, 0) is 0 Å². The van der Waals surface area contributed by atoms with Gasteiger partial charge in [-0.25, -0.2) is 13.8 Å². The van der Waals surface area contributed by atoms with Crippen molar-refractivity contribution in [3.8, 4) is 0 Å². The van der Waals surface area contributed by atoms with Gasteiger partial charge < -0.3 is 10.6 Å². The smallest absolute Gasteiger partial charge is 0.274 e. The standard InChI is InChI=1S/C14H12BrF2N3O/c1-2-18-12-5-3-4-11(19-12)14(21)20-13-9(16)6-8(15)7-10(13)17/h3-7H,2H2,1H3,(H,18,19)(H,20,21). The second kappa shape index (κ2) is 6.62. The van der Waals surface area contributed by atoms with Crippen LogP contribution >= 0.6 is 15.9 Å². The molecule has 0 fully saturated rings. The maximum Gasteiger partial charge on any atom is 0.274 e. The van der Waals surface area contributed by atoms with Crippen molar-refractivity contribution in [3.05, 3.63) is 52.1 Å². The number of hydrogen-bond acceptors (Lipinski definition) is 3. The number of amides is 1. The summed E-state index contributed by atoms with van der Waals surface area (Å²) in [5, 5.41) is 5.14. The minimum absolute atomic E-state index is 0.0650. The van der Waals surface area contributed by atoms with Crippen molar-refractivity contribution in [2.75, 3.05) is 17.2 Å². The topological polar surface area (TPSA) is 54.0 Å². The first kappa shape index (κ1) is 15.4. The molecular weight excluding hydrogens is 344 g/mol. The van der Waals surface area contributed by atoms with E-state index in [4.69, 9.17) is 0 Å². The highest BCUT2D eigenvalue weighted by Crippen LogP contribution is 2.24. The van der Waals surface area contributed by atoms with E-state index in [2.05, 4.69) is 31.5 Å². The zero-order valence-electron chi connectivity index (χ0n) is 11.1. The monoisotopic (exact) mass is 355 g/mol. The highest BCUT2D eigenvalue weighted by Gasteiger charge is 2.15. The van der Waals surface area contributed by atoms with Gasteiger partial charge in [0.05, 0.1) is 0 Å². The first-order valence-electron chi connectivity index (χ1n) is 6.18. The molecule has 2 N–H and O–H groups in total. The number of nitrogens with zero attached hydrogens (tertiary/aromatic N) is 1. The fourth-order valence-electron chi connectivity index (χ4n) is 1.68. The third-order valence-electron chi connectivity index (χ3n) is 2.59. The Morgan fingerprint density at radius 2 is 1.95 bits per heavy atom. The van der Waals surface area contributed by atoms with Gasteiger partial charge in [0.2, 0.25) is 0 Å². The fraction of sp³-hybridized carbons (Fsp3) is 0.143. The maximum absolute atomic E-state index is 13.7. The molecule has 1 aromatic heterocycles. The van der Waals surface area contributed by atoms with Gasteiger partial charge >= 0.3 is 0 Å². The van der Waals surface area contributed by atoms with Crippen molar-refractivity contribution in [2.24, 2.45) is 0 Å². The highest BCUT2D eigenvalue weighted by atomic mass is 79.9. The van der Waals surface area contributed by atoms with Gasteiger partial charge in [-0.15, -0.1) is 0 Å². The van der Waals surface area contributed by atoms with E-state index < -0.39 is 23.2 Å². The Bertz CT molecular complexity index is 656. The van der Waals surface area contributed by atoms with Crippen LogP contribution in [0.5, 0.6) is 0 Å². The predicted octanol–water partition coefficient (Wildman–Crippen LogP) is 3.81. The van der Waals surface area contributed by atoms with E-state index in [1.54, 1.807) is 12.1 Å². The summed E-state index contributed by atoms with van der Waals surface area (Å²) in [7, 11) is 0. The van der Waals surface area contributed by atoms with Crippen molar-refractivity contribution in [1.29, 1.82) is 0 Å². The Labute approximate surface area is 128 Å². The molecule has 0 aliphatic rings. The van der Waals surface area contributed by atoms with E-state index in [0.717, 1.165) is 12.1 Å². The van der Waals surface area contributed by atoms with Gasteiger partial charge in [0, 0.05) is 11.0 Å². The molecule has 1 aromatic carbocycles. The molecule has 0 radical (unpaired) electrons. The second-order valence-corrected chi connectivity index (χ2v) is 5.05. The van der Waals surface area contributed by atoms with Gasteiger partial charge in [0.1, 0.15) is 17.2 Å². The Hall–Kier alpha value is -2.02. The summed E-state index contributed by atoms with van der Waals surface area (Å²) < 4.78 is 27.6. The van der Waals surface area contributed by atoms with Crippen LogP contribution in [0.25, 0.3) is 0 Å². The van der Waals surface area contributed by atoms with Crippen molar-refractivity contribution >= 4 is 33.3 Å². The van der Waals surface area contributed by atoms with Gasteiger partial charge in [-0.3, -0.25) is 4.79 Å². The molecule has 4 nitrogen and oxygen atoms in total. The molecule has 0 unspecified atom stereocenters. The largest absolute Gasteiger partial charge is 0.370 e. The lowest BCUT2D eigenvalue weighted by Crippen LogP contribution is -2.16. The first-order chi connectivity index (χ1) is 10.0. The maximum atomic E-state index is 13.7. The van der Waals surface area contributed by atoms with Crippen molar-refractivity contribution in [3.63, 3.8) is 0 Å². The quantitative estimate of drug-likeness (QED) is 0.876. The molecule has 7 heteroatoms. The minimum atomic E-state index is -0.863. The summed E-state index contributed by atoms with van der Waals surface area (Å²) in [6, 6.07) is 6.93. The molecule has 1 heterocycles. The van der Waals surface area contributed by atoms with Crippen LogP contribution in [0.1, 0.15) is 17.4 Å². The summed E-state index contributed by atoms with van der Waals surface area (Å²) in [4.78, 5) is 16.1. The van der Waals surface area contributed by atoms with Gasteiger partial charge in [0.15, 0.2) is 11.6 Å². The zero-order valence-corrected chi connectivity index (χ0v) is 12.7. The number of pyridine rings is 1. The number of benzene rings is 1. The second-order valence-electron chi connectivity index (χ2n) is 4.14. The summed E-state index contributed by atoms with van der Waals surface area (Å²) in [6.07, 6.45) is 0. The van der Waals surface area contributed by atoms with Crippen LogP contribution < -0.4 is 10.6 Å². The van der Waals surface area contributed by atoms with Crippen LogP contribution in [0.2, 0.25) is 0 Å². The van der Waals surface area contributed by atoms with Gasteiger partial charge in [-0.2, -0.15) is 0 Å². The van der Waals surface area contributed by atoms with E-state index in [1.807, 2.05) is 6.92 Å². The van der Waals surface area contributed by atoms with Crippen LogP contribution in [0.3, 0.4) is 0 Å². The van der Waals surface area contributed by atoms with Gasteiger partial charge in [-0.05, 0) is 31.2 Å². The molecule has 0 bridgehead atoms. The lowest BCUT2D eigenvalue weighted by atomic mass is 10.2.